The van der Waals surface area contributed by atoms with Crippen LogP contribution in [0, 0.1) is 0 Å². The Bertz CT molecular complexity index is 378. The first-order valence-electron chi connectivity index (χ1n) is 5.93. The fraction of sp³-hybridized carbons (Fsp3) is 0.538. The van der Waals surface area contributed by atoms with Gasteiger partial charge >= 0.3 is 0 Å². The molecule has 16 heavy (non-hydrogen) atoms. The monoisotopic (exact) mass is 220 g/mol. The minimum absolute atomic E-state index is 0.368. The number of nitrogens with one attached hydrogen (secondary N) is 1. The Morgan fingerprint density at radius 2 is 2.31 bits per heavy atom. The first kappa shape index (κ1) is 11.3. The van der Waals surface area contributed by atoms with Gasteiger partial charge < -0.3 is 15.3 Å². The fourth-order valence-corrected chi connectivity index (χ4v) is 2.57. The number of phenolic OH excluding ortho intramolecular Hbond substituents is 1. The number of likely N-dealkylation sites (N-methyl/N-ethyl adjacent to an activating group) is 2. The predicted octanol–water partition coefficient (Wildman–Crippen LogP) is 1.75. The summed E-state index contributed by atoms with van der Waals surface area (Å²) in [5, 5.41) is 12.8. The molecule has 0 radical (unpaired) electrons. The van der Waals surface area contributed by atoms with Crippen LogP contribution < -0.4 is 10.2 Å². The van der Waals surface area contributed by atoms with Gasteiger partial charge in [0.1, 0.15) is 5.75 Å². The first-order valence-corrected chi connectivity index (χ1v) is 5.93. The van der Waals surface area contributed by atoms with Crippen molar-refractivity contribution < 1.29 is 5.11 Å². The van der Waals surface area contributed by atoms with Gasteiger partial charge in [-0.05, 0) is 51.1 Å². The zero-order valence-corrected chi connectivity index (χ0v) is 10.2. The number of phenols is 1. The SMILES string of the molecule is CCN1c2ccc(O)cc2CC1C(C)NC. The summed E-state index contributed by atoms with van der Waals surface area (Å²) in [7, 11) is 2.00. The predicted molar refractivity (Wildman–Crippen MR) is 67.1 cm³/mol. The van der Waals surface area contributed by atoms with Gasteiger partial charge in [0.2, 0.25) is 0 Å². The van der Waals surface area contributed by atoms with Crippen molar-refractivity contribution in [3.8, 4) is 5.75 Å². The summed E-state index contributed by atoms with van der Waals surface area (Å²) in [6.07, 6.45) is 1.01. The number of aromatic hydroxyl groups is 1. The van der Waals surface area contributed by atoms with Crippen LogP contribution in [0.15, 0.2) is 18.2 Å². The largest absolute Gasteiger partial charge is 0.508 e. The number of nitrogens with zero attached hydrogens (tertiary/aromatic N) is 1. The highest BCUT2D eigenvalue weighted by molar-refractivity contribution is 5.61. The average molecular weight is 220 g/mol. The molecule has 2 unspecified atom stereocenters. The van der Waals surface area contributed by atoms with Crippen molar-refractivity contribution in [1.29, 1.82) is 0 Å². The lowest BCUT2D eigenvalue weighted by Gasteiger charge is -2.30. The van der Waals surface area contributed by atoms with Crippen LogP contribution in [-0.2, 0) is 6.42 Å². The van der Waals surface area contributed by atoms with Gasteiger partial charge in [-0.1, -0.05) is 0 Å². The van der Waals surface area contributed by atoms with E-state index in [9.17, 15) is 5.11 Å². The lowest BCUT2D eigenvalue weighted by atomic mass is 10.0. The van der Waals surface area contributed by atoms with Gasteiger partial charge in [-0.2, -0.15) is 0 Å². The van der Waals surface area contributed by atoms with E-state index >= 15 is 0 Å². The maximum Gasteiger partial charge on any atom is 0.116 e. The first-order chi connectivity index (χ1) is 7.67. The molecule has 0 bridgehead atoms. The van der Waals surface area contributed by atoms with E-state index in [1.807, 2.05) is 19.2 Å². The van der Waals surface area contributed by atoms with E-state index in [2.05, 4.69) is 24.1 Å². The standard InChI is InChI=1S/C13H20N2O/c1-4-15-12-6-5-11(16)7-10(12)8-13(15)9(2)14-3/h5-7,9,13-14,16H,4,8H2,1-3H3. The summed E-state index contributed by atoms with van der Waals surface area (Å²) in [4.78, 5) is 2.41. The van der Waals surface area contributed by atoms with Gasteiger partial charge in [-0.15, -0.1) is 0 Å². The van der Waals surface area contributed by atoms with Gasteiger partial charge in [0.15, 0.2) is 0 Å². The lowest BCUT2D eigenvalue weighted by Crippen LogP contribution is -2.45. The van der Waals surface area contributed by atoms with Crippen LogP contribution in [0.5, 0.6) is 5.75 Å². The molecule has 1 aliphatic rings. The van der Waals surface area contributed by atoms with Crippen molar-refractivity contribution in [2.75, 3.05) is 18.5 Å². The summed E-state index contributed by atoms with van der Waals surface area (Å²) in [6, 6.07) is 6.63. The van der Waals surface area contributed by atoms with Crippen LogP contribution in [0.4, 0.5) is 5.69 Å². The third kappa shape index (κ3) is 1.76. The number of hydrogen-bond donors (Lipinski definition) is 2. The molecular weight excluding hydrogens is 200 g/mol. The normalized spacial score (nSPS) is 20.9. The Morgan fingerprint density at radius 3 is 2.94 bits per heavy atom. The van der Waals surface area contributed by atoms with Crippen LogP contribution in [0.3, 0.4) is 0 Å². The van der Waals surface area contributed by atoms with E-state index in [4.69, 9.17) is 0 Å². The molecule has 0 fully saturated rings. The molecule has 1 aromatic carbocycles. The highest BCUT2D eigenvalue weighted by Crippen LogP contribution is 2.35. The zero-order valence-electron chi connectivity index (χ0n) is 10.2. The number of anilines is 1. The minimum Gasteiger partial charge on any atom is -0.508 e. The Hall–Kier alpha value is -1.22. The van der Waals surface area contributed by atoms with Crippen molar-refractivity contribution in [3.63, 3.8) is 0 Å². The number of benzene rings is 1. The Balaban J connectivity index is 2.32. The third-order valence-electron chi connectivity index (χ3n) is 3.58. The zero-order chi connectivity index (χ0) is 11.7. The number of rotatable bonds is 3. The summed E-state index contributed by atoms with van der Waals surface area (Å²) in [5.41, 5.74) is 2.53. The smallest absolute Gasteiger partial charge is 0.116 e. The maximum absolute atomic E-state index is 9.50. The summed E-state index contributed by atoms with van der Waals surface area (Å²) >= 11 is 0. The van der Waals surface area contributed by atoms with Gasteiger partial charge in [-0.25, -0.2) is 0 Å². The van der Waals surface area contributed by atoms with Crippen LogP contribution in [-0.4, -0.2) is 30.8 Å². The minimum atomic E-state index is 0.368. The second-order valence-electron chi connectivity index (χ2n) is 4.45. The highest BCUT2D eigenvalue weighted by Gasteiger charge is 2.31. The second kappa shape index (κ2) is 4.34. The molecule has 3 heteroatoms. The molecule has 2 N–H and O–H groups in total. The van der Waals surface area contributed by atoms with E-state index in [1.54, 1.807) is 6.07 Å². The van der Waals surface area contributed by atoms with E-state index in [0.29, 0.717) is 17.8 Å². The fourth-order valence-electron chi connectivity index (χ4n) is 2.57. The van der Waals surface area contributed by atoms with Crippen LogP contribution in [0.2, 0.25) is 0 Å². The van der Waals surface area contributed by atoms with E-state index < -0.39 is 0 Å². The van der Waals surface area contributed by atoms with E-state index in [0.717, 1.165) is 13.0 Å². The molecule has 2 rings (SSSR count). The maximum atomic E-state index is 9.50. The van der Waals surface area contributed by atoms with E-state index in [1.165, 1.54) is 11.3 Å². The molecule has 3 nitrogen and oxygen atoms in total. The third-order valence-corrected chi connectivity index (χ3v) is 3.58. The van der Waals surface area contributed by atoms with Crippen molar-refractivity contribution in [2.45, 2.75) is 32.4 Å². The molecule has 0 amide bonds. The van der Waals surface area contributed by atoms with Gasteiger partial charge in [0.25, 0.3) is 0 Å². The van der Waals surface area contributed by atoms with Gasteiger partial charge in [0, 0.05) is 24.3 Å². The van der Waals surface area contributed by atoms with Crippen molar-refractivity contribution in [3.05, 3.63) is 23.8 Å². The van der Waals surface area contributed by atoms with Gasteiger partial charge in [0.05, 0.1) is 0 Å². The highest BCUT2D eigenvalue weighted by atomic mass is 16.3. The molecule has 88 valence electrons. The topological polar surface area (TPSA) is 35.5 Å². The number of hydrogen-bond acceptors (Lipinski definition) is 3. The summed E-state index contributed by atoms with van der Waals surface area (Å²) in [5.74, 6) is 0.368. The quantitative estimate of drug-likeness (QED) is 0.814. The van der Waals surface area contributed by atoms with Crippen molar-refractivity contribution in [2.24, 2.45) is 0 Å². The molecular formula is C13H20N2O. The molecule has 1 heterocycles. The van der Waals surface area contributed by atoms with Crippen molar-refractivity contribution >= 4 is 5.69 Å². The van der Waals surface area contributed by atoms with Crippen LogP contribution >= 0.6 is 0 Å². The van der Waals surface area contributed by atoms with E-state index in [-0.39, 0.29) is 0 Å². The molecule has 2 atom stereocenters. The Morgan fingerprint density at radius 1 is 1.56 bits per heavy atom. The Kier molecular flexibility index (Phi) is 3.06. The summed E-state index contributed by atoms with van der Waals surface area (Å²) in [6.45, 7) is 5.39. The molecule has 0 saturated carbocycles. The number of fused-ring (bicyclic) bond motifs is 1. The Labute approximate surface area is 97.1 Å². The van der Waals surface area contributed by atoms with Crippen molar-refractivity contribution in [1.82, 2.24) is 5.32 Å². The summed E-state index contributed by atoms with van der Waals surface area (Å²) < 4.78 is 0. The molecule has 0 spiro atoms. The lowest BCUT2D eigenvalue weighted by molar-refractivity contribution is 0.471. The van der Waals surface area contributed by atoms with Crippen LogP contribution in [0.25, 0.3) is 0 Å². The molecule has 1 aromatic rings. The average Bonchev–Trinajstić information content (AvgIpc) is 2.65. The second-order valence-corrected chi connectivity index (χ2v) is 4.45. The molecule has 0 saturated heterocycles. The van der Waals surface area contributed by atoms with Crippen LogP contribution in [0.1, 0.15) is 19.4 Å². The molecule has 0 aliphatic carbocycles. The van der Waals surface area contributed by atoms with Gasteiger partial charge in [-0.3, -0.25) is 0 Å². The molecule has 0 aromatic heterocycles. The molecule has 1 aliphatic heterocycles.